The average molecular weight is 332 g/mol. The number of hydrogen-bond donors (Lipinski definition) is 1. The smallest absolute Gasteiger partial charge is 0.257 e. The second kappa shape index (κ2) is 6.21. The van der Waals surface area contributed by atoms with Crippen LogP contribution in [0.5, 0.6) is 11.5 Å². The number of carbonyl (C=O) groups is 1. The number of aromatic nitrogens is 1. The third kappa shape index (κ3) is 3.24. The summed E-state index contributed by atoms with van der Waals surface area (Å²) in [6.07, 6.45) is 0. The molecule has 5 nitrogen and oxygen atoms in total. The minimum Gasteiger partial charge on any atom is -0.497 e. The van der Waals surface area contributed by atoms with Crippen molar-refractivity contribution in [3.05, 3.63) is 47.8 Å². The average Bonchev–Trinajstić information content (AvgIpc) is 2.95. The molecule has 0 aliphatic carbocycles. The number of carbonyl (C=O) groups excluding carboxylic acids is 1. The predicted octanol–water partition coefficient (Wildman–Crippen LogP) is 3.70. The molecule has 0 saturated carbocycles. The highest BCUT2D eigenvalue weighted by Gasteiger charge is 2.13. The number of rotatable bonds is 4. The lowest BCUT2D eigenvalue weighted by Crippen LogP contribution is -2.12. The van der Waals surface area contributed by atoms with Crippen molar-refractivity contribution in [2.75, 3.05) is 19.5 Å². The van der Waals surface area contributed by atoms with Gasteiger partial charge in [0.15, 0.2) is 5.13 Å². The van der Waals surface area contributed by atoms with E-state index in [1.807, 2.05) is 0 Å². The van der Waals surface area contributed by atoms with Gasteiger partial charge in [0, 0.05) is 11.6 Å². The number of ether oxygens (including phenoxy) is 2. The lowest BCUT2D eigenvalue weighted by molar-refractivity contribution is 0.102. The standard InChI is InChI=1S/C16H13FN2O3S/c1-21-11-5-9(6-12(8-11)22-2)15(20)19-16-18-13-4-3-10(17)7-14(13)23-16/h3-8H,1-2H3,(H,18,19,20). The molecule has 0 spiro atoms. The van der Waals surface area contributed by atoms with E-state index in [2.05, 4.69) is 10.3 Å². The molecule has 0 radical (unpaired) electrons. The molecule has 7 heteroatoms. The quantitative estimate of drug-likeness (QED) is 0.791. The van der Waals surface area contributed by atoms with Crippen molar-refractivity contribution >= 4 is 32.6 Å². The Hall–Kier alpha value is -2.67. The van der Waals surface area contributed by atoms with Gasteiger partial charge in [-0.3, -0.25) is 10.1 Å². The van der Waals surface area contributed by atoms with E-state index in [1.54, 1.807) is 24.3 Å². The number of nitrogens with one attached hydrogen (secondary N) is 1. The second-order valence-corrected chi connectivity index (χ2v) is 5.72. The molecule has 118 valence electrons. The van der Waals surface area contributed by atoms with Crippen LogP contribution in [0.4, 0.5) is 9.52 Å². The largest absolute Gasteiger partial charge is 0.497 e. The Morgan fingerprint density at radius 2 is 1.83 bits per heavy atom. The molecule has 1 amide bonds. The van der Waals surface area contributed by atoms with Crippen molar-refractivity contribution in [1.29, 1.82) is 0 Å². The van der Waals surface area contributed by atoms with Crippen LogP contribution in [-0.4, -0.2) is 25.1 Å². The third-order valence-corrected chi connectivity index (χ3v) is 4.12. The number of anilines is 1. The van der Waals surface area contributed by atoms with Crippen LogP contribution in [0.2, 0.25) is 0 Å². The first kappa shape index (κ1) is 15.2. The molecule has 3 aromatic rings. The highest BCUT2D eigenvalue weighted by molar-refractivity contribution is 7.22. The summed E-state index contributed by atoms with van der Waals surface area (Å²) in [6.45, 7) is 0. The zero-order valence-electron chi connectivity index (χ0n) is 12.4. The molecule has 0 bridgehead atoms. The minimum absolute atomic E-state index is 0.337. The van der Waals surface area contributed by atoms with Gasteiger partial charge in [0.2, 0.25) is 0 Å². The molecule has 2 aromatic carbocycles. The van der Waals surface area contributed by atoms with E-state index in [1.165, 1.54) is 37.7 Å². The summed E-state index contributed by atoms with van der Waals surface area (Å²) < 4.78 is 24.2. The Bertz CT molecular complexity index is 857. The van der Waals surface area contributed by atoms with Crippen molar-refractivity contribution in [3.8, 4) is 11.5 Å². The monoisotopic (exact) mass is 332 g/mol. The summed E-state index contributed by atoms with van der Waals surface area (Å²) in [5.41, 5.74) is 1.02. The zero-order valence-corrected chi connectivity index (χ0v) is 13.2. The van der Waals surface area contributed by atoms with Gasteiger partial charge in [-0.05, 0) is 30.3 Å². The first-order valence-corrected chi connectivity index (χ1v) is 7.51. The summed E-state index contributed by atoms with van der Waals surface area (Å²) in [7, 11) is 3.02. The first-order valence-electron chi connectivity index (χ1n) is 6.69. The van der Waals surface area contributed by atoms with E-state index < -0.39 is 0 Å². The van der Waals surface area contributed by atoms with Gasteiger partial charge < -0.3 is 9.47 Å². The molecule has 23 heavy (non-hydrogen) atoms. The maximum atomic E-state index is 13.2. The maximum Gasteiger partial charge on any atom is 0.257 e. The van der Waals surface area contributed by atoms with Crippen LogP contribution in [0.3, 0.4) is 0 Å². The van der Waals surface area contributed by atoms with Gasteiger partial charge in [-0.2, -0.15) is 0 Å². The normalized spacial score (nSPS) is 10.6. The van der Waals surface area contributed by atoms with Crippen LogP contribution in [0.25, 0.3) is 10.2 Å². The van der Waals surface area contributed by atoms with Gasteiger partial charge in [-0.15, -0.1) is 0 Å². The molecule has 3 rings (SSSR count). The third-order valence-electron chi connectivity index (χ3n) is 3.18. The Labute approximate surface area is 135 Å². The van der Waals surface area contributed by atoms with Crippen LogP contribution in [0, 0.1) is 5.82 Å². The summed E-state index contributed by atoms with van der Waals surface area (Å²) in [5, 5.41) is 3.11. The molecule has 1 aromatic heterocycles. The highest BCUT2D eigenvalue weighted by atomic mass is 32.1. The van der Waals surface area contributed by atoms with Gasteiger partial charge >= 0.3 is 0 Å². The van der Waals surface area contributed by atoms with Crippen LogP contribution < -0.4 is 14.8 Å². The van der Waals surface area contributed by atoms with Crippen molar-refractivity contribution < 1.29 is 18.7 Å². The molecular formula is C16H13FN2O3S. The lowest BCUT2D eigenvalue weighted by atomic mass is 10.2. The van der Waals surface area contributed by atoms with Gasteiger partial charge in [0.1, 0.15) is 17.3 Å². The second-order valence-electron chi connectivity index (χ2n) is 4.69. The molecule has 0 aliphatic rings. The zero-order chi connectivity index (χ0) is 16.4. The fraction of sp³-hybridized carbons (Fsp3) is 0.125. The molecule has 1 N–H and O–H groups in total. The molecule has 0 aliphatic heterocycles. The SMILES string of the molecule is COc1cc(OC)cc(C(=O)Nc2nc3ccc(F)cc3s2)c1. The number of hydrogen-bond acceptors (Lipinski definition) is 5. The van der Waals surface area contributed by atoms with Gasteiger partial charge in [-0.1, -0.05) is 11.3 Å². The molecule has 0 atom stereocenters. The van der Waals surface area contributed by atoms with Crippen molar-refractivity contribution in [1.82, 2.24) is 4.98 Å². The van der Waals surface area contributed by atoms with Gasteiger partial charge in [0.25, 0.3) is 5.91 Å². The number of nitrogens with zero attached hydrogens (tertiary/aromatic N) is 1. The molecule has 0 unspecified atom stereocenters. The van der Waals surface area contributed by atoms with Crippen molar-refractivity contribution in [3.63, 3.8) is 0 Å². The fourth-order valence-corrected chi connectivity index (χ4v) is 2.95. The van der Waals surface area contributed by atoms with E-state index in [0.29, 0.717) is 32.4 Å². The summed E-state index contributed by atoms with van der Waals surface area (Å²) in [6, 6.07) is 9.18. The topological polar surface area (TPSA) is 60.5 Å². The predicted molar refractivity (Wildman–Crippen MR) is 87.1 cm³/mol. The van der Waals surface area contributed by atoms with E-state index in [0.717, 1.165) is 0 Å². The number of amides is 1. The molecule has 1 heterocycles. The van der Waals surface area contributed by atoms with Gasteiger partial charge in [-0.25, -0.2) is 9.37 Å². The Morgan fingerprint density at radius 3 is 2.48 bits per heavy atom. The number of thiazole rings is 1. The fourth-order valence-electron chi connectivity index (χ4n) is 2.06. The van der Waals surface area contributed by atoms with Crippen molar-refractivity contribution in [2.24, 2.45) is 0 Å². The van der Waals surface area contributed by atoms with E-state index in [-0.39, 0.29) is 11.7 Å². The Balaban J connectivity index is 1.88. The lowest BCUT2D eigenvalue weighted by Gasteiger charge is -2.07. The maximum absolute atomic E-state index is 13.2. The minimum atomic E-state index is -0.346. The Kier molecular flexibility index (Phi) is 4.12. The summed E-state index contributed by atoms with van der Waals surface area (Å²) in [5.74, 6) is 0.347. The van der Waals surface area contributed by atoms with Gasteiger partial charge in [0.05, 0.1) is 24.4 Å². The Morgan fingerprint density at radius 1 is 1.13 bits per heavy atom. The molecular weight excluding hydrogens is 319 g/mol. The van der Waals surface area contributed by atoms with Crippen LogP contribution in [0.1, 0.15) is 10.4 Å². The summed E-state index contributed by atoms with van der Waals surface area (Å²) >= 11 is 1.21. The van der Waals surface area contributed by atoms with E-state index in [4.69, 9.17) is 9.47 Å². The van der Waals surface area contributed by atoms with Crippen molar-refractivity contribution in [2.45, 2.75) is 0 Å². The number of methoxy groups -OCH3 is 2. The van der Waals surface area contributed by atoms with Crippen LogP contribution >= 0.6 is 11.3 Å². The van der Waals surface area contributed by atoms with Crippen LogP contribution in [-0.2, 0) is 0 Å². The van der Waals surface area contributed by atoms with Crippen LogP contribution in [0.15, 0.2) is 36.4 Å². The molecule has 0 fully saturated rings. The van der Waals surface area contributed by atoms with E-state index >= 15 is 0 Å². The first-order chi connectivity index (χ1) is 11.1. The number of benzene rings is 2. The number of halogens is 1. The van der Waals surface area contributed by atoms with E-state index in [9.17, 15) is 9.18 Å². The summed E-state index contributed by atoms with van der Waals surface area (Å²) in [4.78, 5) is 16.6. The number of fused-ring (bicyclic) bond motifs is 1. The molecule has 0 saturated heterocycles. The highest BCUT2D eigenvalue weighted by Crippen LogP contribution is 2.28.